The Bertz CT molecular complexity index is 389. The molecule has 0 aliphatic carbocycles. The molecule has 1 aromatic carbocycles. The second-order valence-electron chi connectivity index (χ2n) is 3.12. The first kappa shape index (κ1) is 15.0. The lowest BCUT2D eigenvalue weighted by molar-refractivity contribution is 0.353. The molecule has 0 aromatic heterocycles. The molecule has 98 valence electrons. The molecule has 0 saturated heterocycles. The maximum atomic E-state index is 11.5. The number of benzene rings is 1. The van der Waals surface area contributed by atoms with Gasteiger partial charge in [-0.15, -0.1) is 19.2 Å². The fraction of sp³-hybridized carbons (Fsp3) is 0.400. The fourth-order valence-electron chi connectivity index (χ4n) is 1.17. The van der Waals surface area contributed by atoms with Crippen molar-refractivity contribution >= 4 is 27.7 Å². The van der Waals surface area contributed by atoms with Gasteiger partial charge in [0.25, 0.3) is 0 Å². The van der Waals surface area contributed by atoms with Crippen LogP contribution in [-0.2, 0) is 18.2 Å². The summed E-state index contributed by atoms with van der Waals surface area (Å²) in [5.41, 5.74) is 1.10. The van der Waals surface area contributed by atoms with E-state index in [0.29, 0.717) is 24.6 Å². The number of rotatable bonds is 8. The van der Waals surface area contributed by atoms with Gasteiger partial charge in [-0.3, -0.25) is 0 Å². The Morgan fingerprint density at radius 1 is 0.944 bits per heavy atom. The number of para-hydroxylation sites is 2. The summed E-state index contributed by atoms with van der Waals surface area (Å²) in [6, 6.07) is 6.97. The molecule has 6 nitrogen and oxygen atoms in total. The number of hydrogen-bond acceptors (Lipinski definition) is 4. The smallest absolute Gasteiger partial charge is 0.148 e. The van der Waals surface area contributed by atoms with Crippen molar-refractivity contribution in [1.29, 1.82) is 0 Å². The molecule has 0 fully saturated rings. The van der Waals surface area contributed by atoms with Crippen molar-refractivity contribution in [2.75, 3.05) is 23.4 Å². The molecule has 0 heterocycles. The van der Waals surface area contributed by atoms with Crippen molar-refractivity contribution in [2.24, 2.45) is 0 Å². The monoisotopic (exact) mass is 290 g/mol. The van der Waals surface area contributed by atoms with Crippen molar-refractivity contribution in [2.45, 2.75) is 13.8 Å². The molecular weight excluding hydrogens is 274 g/mol. The SMILES string of the molecule is CCO[P+](=O)Nc1ccccc1N[P+](=O)OCC. The van der Waals surface area contributed by atoms with Crippen LogP contribution in [0.4, 0.5) is 11.4 Å². The second kappa shape index (κ2) is 8.11. The molecule has 0 saturated carbocycles. The highest BCUT2D eigenvalue weighted by Gasteiger charge is 2.23. The van der Waals surface area contributed by atoms with Crippen molar-refractivity contribution in [3.8, 4) is 0 Å². The lowest BCUT2D eigenvalue weighted by atomic mass is 10.3. The Balaban J connectivity index is 2.73. The van der Waals surface area contributed by atoms with Gasteiger partial charge in [0.15, 0.2) is 0 Å². The summed E-state index contributed by atoms with van der Waals surface area (Å²) in [7, 11) is -3.96. The quantitative estimate of drug-likeness (QED) is 0.707. The molecule has 0 aliphatic rings. The van der Waals surface area contributed by atoms with Crippen molar-refractivity contribution in [1.82, 2.24) is 0 Å². The van der Waals surface area contributed by atoms with Crippen molar-refractivity contribution < 1.29 is 18.2 Å². The summed E-state index contributed by atoms with van der Waals surface area (Å²) in [5, 5.41) is 5.40. The van der Waals surface area contributed by atoms with Gasteiger partial charge < -0.3 is 0 Å². The zero-order chi connectivity index (χ0) is 13.4. The van der Waals surface area contributed by atoms with Crippen LogP contribution < -0.4 is 10.2 Å². The molecule has 0 radical (unpaired) electrons. The number of hydrogen-bond donors (Lipinski definition) is 2. The van der Waals surface area contributed by atoms with Crippen LogP contribution in [0.15, 0.2) is 24.3 Å². The molecule has 18 heavy (non-hydrogen) atoms. The Kier molecular flexibility index (Phi) is 6.76. The van der Waals surface area contributed by atoms with Crippen LogP contribution in [0.3, 0.4) is 0 Å². The summed E-state index contributed by atoms with van der Waals surface area (Å²) in [6.07, 6.45) is 0. The molecule has 0 amide bonds. The molecule has 8 heteroatoms. The largest absolute Gasteiger partial charge is 0.643 e. The van der Waals surface area contributed by atoms with E-state index in [1.54, 1.807) is 38.1 Å². The molecule has 2 unspecified atom stereocenters. The Hall–Kier alpha value is -1.06. The lowest BCUT2D eigenvalue weighted by Crippen LogP contribution is -1.96. The van der Waals surface area contributed by atoms with E-state index in [4.69, 9.17) is 9.05 Å². The van der Waals surface area contributed by atoms with Crippen LogP contribution in [0, 0.1) is 0 Å². The maximum absolute atomic E-state index is 11.5. The summed E-state index contributed by atoms with van der Waals surface area (Å²) in [5.74, 6) is 0. The molecule has 1 aromatic rings. The predicted octanol–water partition coefficient (Wildman–Crippen LogP) is 3.90. The molecule has 0 bridgehead atoms. The minimum atomic E-state index is -1.98. The van der Waals surface area contributed by atoms with Gasteiger partial charge in [-0.1, -0.05) is 12.1 Å². The maximum Gasteiger partial charge on any atom is 0.643 e. The Labute approximate surface area is 108 Å². The zero-order valence-corrected chi connectivity index (χ0v) is 12.0. The average Bonchev–Trinajstić information content (AvgIpc) is 2.32. The summed E-state index contributed by atoms with van der Waals surface area (Å²) < 4.78 is 32.8. The van der Waals surface area contributed by atoms with Crippen LogP contribution in [-0.4, -0.2) is 13.2 Å². The predicted molar refractivity (Wildman–Crippen MR) is 72.2 cm³/mol. The first-order valence-corrected chi connectivity index (χ1v) is 7.85. The van der Waals surface area contributed by atoms with Crippen LogP contribution in [0.25, 0.3) is 0 Å². The van der Waals surface area contributed by atoms with Gasteiger partial charge in [0.2, 0.25) is 0 Å². The van der Waals surface area contributed by atoms with E-state index >= 15 is 0 Å². The summed E-state index contributed by atoms with van der Waals surface area (Å²) in [6.45, 7) is 4.21. The molecular formula is C10H16N2O4P2+2. The lowest BCUT2D eigenvalue weighted by Gasteiger charge is -2.00. The van der Waals surface area contributed by atoms with Gasteiger partial charge in [0.05, 0.1) is 0 Å². The summed E-state index contributed by atoms with van der Waals surface area (Å²) in [4.78, 5) is 0. The van der Waals surface area contributed by atoms with E-state index in [1.165, 1.54) is 0 Å². The van der Waals surface area contributed by atoms with Crippen LogP contribution in [0.5, 0.6) is 0 Å². The fourth-order valence-corrected chi connectivity index (χ4v) is 2.56. The van der Waals surface area contributed by atoms with E-state index in [1.807, 2.05) is 0 Å². The van der Waals surface area contributed by atoms with Crippen molar-refractivity contribution in [3.63, 3.8) is 0 Å². The third-order valence-electron chi connectivity index (χ3n) is 1.84. The zero-order valence-electron chi connectivity index (χ0n) is 10.3. The van der Waals surface area contributed by atoms with Crippen LogP contribution in [0.2, 0.25) is 0 Å². The van der Waals surface area contributed by atoms with E-state index in [-0.39, 0.29) is 0 Å². The molecule has 2 N–H and O–H groups in total. The Morgan fingerprint density at radius 3 is 1.67 bits per heavy atom. The molecule has 0 spiro atoms. The Morgan fingerprint density at radius 2 is 1.33 bits per heavy atom. The normalized spacial score (nSPS) is 11.9. The highest BCUT2D eigenvalue weighted by Crippen LogP contribution is 2.34. The third kappa shape index (κ3) is 5.07. The first-order chi connectivity index (χ1) is 8.67. The third-order valence-corrected chi connectivity index (χ3v) is 3.68. The van der Waals surface area contributed by atoms with E-state index in [0.717, 1.165) is 0 Å². The van der Waals surface area contributed by atoms with Gasteiger partial charge >= 0.3 is 16.4 Å². The topological polar surface area (TPSA) is 76.7 Å². The molecule has 1 rings (SSSR count). The standard InChI is InChI=1S/C10H16N2O4P2/c1-3-15-17(13)11-9-7-5-6-8-10(9)12-18(14)16-4-2/h5-8H,3-4H2,1-2H3,(H,11,13)(H,12,14)/q+2. The molecule has 2 atom stereocenters. The minimum absolute atomic E-state index is 0.352. The van der Waals surface area contributed by atoms with Crippen LogP contribution in [0.1, 0.15) is 13.8 Å². The van der Waals surface area contributed by atoms with E-state index < -0.39 is 16.4 Å². The average molecular weight is 290 g/mol. The van der Waals surface area contributed by atoms with Gasteiger partial charge in [-0.25, -0.2) is 0 Å². The minimum Gasteiger partial charge on any atom is -0.148 e. The van der Waals surface area contributed by atoms with E-state index in [2.05, 4.69) is 10.2 Å². The summed E-state index contributed by atoms with van der Waals surface area (Å²) >= 11 is 0. The van der Waals surface area contributed by atoms with Crippen molar-refractivity contribution in [3.05, 3.63) is 24.3 Å². The van der Waals surface area contributed by atoms with Gasteiger partial charge in [-0.2, -0.15) is 0 Å². The van der Waals surface area contributed by atoms with E-state index in [9.17, 15) is 9.13 Å². The first-order valence-electron chi connectivity index (χ1n) is 5.50. The van der Waals surface area contributed by atoms with Gasteiger partial charge in [0.1, 0.15) is 24.6 Å². The van der Waals surface area contributed by atoms with Crippen LogP contribution >= 0.6 is 16.4 Å². The highest BCUT2D eigenvalue weighted by molar-refractivity contribution is 7.41. The number of anilines is 2. The second-order valence-corrected chi connectivity index (χ2v) is 5.11. The number of nitrogens with one attached hydrogen (secondary N) is 2. The van der Waals surface area contributed by atoms with Gasteiger partial charge in [-0.05, 0) is 35.1 Å². The highest BCUT2D eigenvalue weighted by atomic mass is 31.1. The van der Waals surface area contributed by atoms with Gasteiger partial charge in [0, 0.05) is 0 Å². The molecule has 0 aliphatic heterocycles.